The van der Waals surface area contributed by atoms with Gasteiger partial charge in [0.25, 0.3) is 5.84 Å². The average molecular weight is 205 g/mol. The van der Waals surface area contributed by atoms with Crippen molar-refractivity contribution in [2.45, 2.75) is 0 Å². The van der Waals surface area contributed by atoms with E-state index in [1.54, 1.807) is 0 Å². The topological polar surface area (TPSA) is 41.9 Å². The molecule has 0 heterocycles. The molecule has 7 heteroatoms. The molecule has 4 nitrogen and oxygen atoms in total. The lowest BCUT2D eigenvalue weighted by atomic mass is 10.6. The van der Waals surface area contributed by atoms with Gasteiger partial charge in [-0.05, 0) is 0 Å². The second-order valence-electron chi connectivity index (χ2n) is 1.13. The number of carbonyl (C=O) groups excluding carboxylic acids is 1. The van der Waals surface area contributed by atoms with Gasteiger partial charge in [0.05, 0.1) is 7.11 Å². The molecule has 0 spiro atoms. The van der Waals surface area contributed by atoms with Crippen molar-refractivity contribution in [1.29, 1.82) is 0 Å². The molecule has 0 aromatic heterocycles. The van der Waals surface area contributed by atoms with E-state index in [0.717, 1.165) is 7.11 Å². The van der Waals surface area contributed by atoms with Crippen molar-refractivity contribution in [3.05, 3.63) is 0 Å². The van der Waals surface area contributed by atoms with Crippen LogP contribution in [-0.4, -0.2) is 22.9 Å². The molecule has 0 aliphatic carbocycles. The molecule has 0 aromatic rings. The largest absolute Gasteiger partial charge is 0.463 e. The van der Waals surface area contributed by atoms with Gasteiger partial charge in [0.2, 0.25) is 0 Å². The van der Waals surface area contributed by atoms with E-state index in [1.165, 1.54) is 0 Å². The summed E-state index contributed by atoms with van der Waals surface area (Å²) in [5.41, 5.74) is 0. The van der Waals surface area contributed by atoms with E-state index in [1.807, 2.05) is 0 Å². The number of amidine groups is 1. The molecule has 58 valence electrons. The Morgan fingerprint density at radius 1 is 1.60 bits per heavy atom. The highest BCUT2D eigenvalue weighted by Crippen LogP contribution is 2.03. The van der Waals surface area contributed by atoms with Gasteiger partial charge in [-0.2, -0.15) is 3.94 Å². The molecule has 0 aromatic carbocycles. The van der Waals surface area contributed by atoms with Crippen molar-refractivity contribution in [2.24, 2.45) is 4.51 Å². The van der Waals surface area contributed by atoms with Crippen LogP contribution in [0, 0.1) is 0 Å². The Hall–Kier alpha value is -0.190. The highest BCUT2D eigenvalue weighted by molar-refractivity contribution is 6.55. The first-order valence-electron chi connectivity index (χ1n) is 2.02. The molecule has 0 amide bonds. The van der Waals surface area contributed by atoms with Gasteiger partial charge in [0.1, 0.15) is 0 Å². The van der Waals surface area contributed by atoms with Crippen LogP contribution in [0.2, 0.25) is 0 Å². The molecule has 0 saturated heterocycles. The highest BCUT2D eigenvalue weighted by Gasteiger charge is 2.16. The zero-order valence-corrected chi connectivity index (χ0v) is 7.11. The summed E-state index contributed by atoms with van der Waals surface area (Å²) in [4.78, 5) is 10.5. The average Bonchev–Trinajstić information content (AvgIpc) is 1.88. The van der Waals surface area contributed by atoms with Gasteiger partial charge in [-0.25, -0.2) is 4.79 Å². The van der Waals surface area contributed by atoms with E-state index in [9.17, 15) is 4.79 Å². The van der Waals surface area contributed by atoms with E-state index in [4.69, 9.17) is 35.3 Å². The van der Waals surface area contributed by atoms with E-state index in [2.05, 4.69) is 9.25 Å². The molecule has 10 heavy (non-hydrogen) atoms. The molecule has 0 bridgehead atoms. The van der Waals surface area contributed by atoms with E-state index in [-0.39, 0.29) is 5.84 Å². The minimum Gasteiger partial charge on any atom is -0.463 e. The van der Waals surface area contributed by atoms with Gasteiger partial charge >= 0.3 is 5.97 Å². The molecule has 0 unspecified atom stereocenters. The smallest absolute Gasteiger partial charge is 0.377 e. The fourth-order valence-electron chi connectivity index (χ4n) is 0.223. The van der Waals surface area contributed by atoms with Crippen LogP contribution in [0.15, 0.2) is 4.51 Å². The maximum Gasteiger partial charge on any atom is 0.377 e. The summed E-state index contributed by atoms with van der Waals surface area (Å²) in [6.07, 6.45) is 0. The third-order valence-electron chi connectivity index (χ3n) is 0.608. The fraction of sp³-hybridized carbons (Fsp3) is 0.333. The van der Waals surface area contributed by atoms with Crippen LogP contribution in [0.1, 0.15) is 0 Å². The maximum absolute atomic E-state index is 10.5. The zero-order chi connectivity index (χ0) is 8.15. The van der Waals surface area contributed by atoms with Crippen molar-refractivity contribution < 1.29 is 9.53 Å². The number of rotatable bonds is 0. The molecular formula is C3H3Cl3N2O2. The SMILES string of the molecule is COC(=O)/C(=N/Cl)N(Cl)Cl. The Labute approximate surface area is 72.6 Å². The number of ether oxygens (including phenoxy) is 1. The van der Waals surface area contributed by atoms with Crippen molar-refractivity contribution in [3.63, 3.8) is 0 Å². The van der Waals surface area contributed by atoms with Crippen LogP contribution in [0.4, 0.5) is 0 Å². The second-order valence-corrected chi connectivity index (χ2v) is 2.15. The van der Waals surface area contributed by atoms with E-state index in [0.29, 0.717) is 3.94 Å². The first kappa shape index (κ1) is 9.81. The number of halogens is 3. The summed E-state index contributed by atoms with van der Waals surface area (Å²) >= 11 is 15.1. The molecule has 0 fully saturated rings. The lowest BCUT2D eigenvalue weighted by molar-refractivity contribution is -0.133. The fourth-order valence-corrected chi connectivity index (χ4v) is 0.659. The minimum absolute atomic E-state index is 0.382. The number of hydrogen-bond acceptors (Lipinski definition) is 3. The predicted molar refractivity (Wildman–Crippen MR) is 38.8 cm³/mol. The Bertz CT molecular complexity index is 158. The number of esters is 1. The molecular weight excluding hydrogens is 202 g/mol. The van der Waals surface area contributed by atoms with E-state index >= 15 is 0 Å². The van der Waals surface area contributed by atoms with Crippen LogP contribution in [0.25, 0.3) is 0 Å². The summed E-state index contributed by atoms with van der Waals surface area (Å²) in [7, 11) is 1.15. The zero-order valence-electron chi connectivity index (χ0n) is 4.84. The first-order chi connectivity index (χ1) is 4.63. The van der Waals surface area contributed by atoms with Gasteiger partial charge in [-0.3, -0.25) is 0 Å². The Morgan fingerprint density at radius 2 is 2.10 bits per heavy atom. The molecule has 0 atom stereocenters. The standard InChI is InChI=1S/C3H3Cl3N2O2/c1-10-3(9)2(7-4)8(5)6/h1H3/b7-2-. The lowest BCUT2D eigenvalue weighted by Gasteiger charge is -2.03. The Balaban J connectivity index is 4.24. The highest BCUT2D eigenvalue weighted by atomic mass is 35.5. The lowest BCUT2D eigenvalue weighted by Crippen LogP contribution is -2.23. The van der Waals surface area contributed by atoms with Crippen molar-refractivity contribution in [3.8, 4) is 0 Å². The number of hydrogen-bond donors (Lipinski definition) is 0. The van der Waals surface area contributed by atoms with Crippen LogP contribution in [0.5, 0.6) is 0 Å². The summed E-state index contributed by atoms with van der Waals surface area (Å²) in [5, 5.41) is 0. The summed E-state index contributed by atoms with van der Waals surface area (Å²) in [6.45, 7) is 0. The first-order valence-corrected chi connectivity index (χ1v) is 3.03. The van der Waals surface area contributed by atoms with E-state index < -0.39 is 5.97 Å². The van der Waals surface area contributed by atoms with Crippen LogP contribution in [-0.2, 0) is 9.53 Å². The van der Waals surface area contributed by atoms with Crippen LogP contribution in [0.3, 0.4) is 0 Å². The van der Waals surface area contributed by atoms with Crippen molar-refractivity contribution in [1.82, 2.24) is 3.94 Å². The number of carbonyl (C=O) groups is 1. The monoisotopic (exact) mass is 204 g/mol. The van der Waals surface area contributed by atoms with Gasteiger partial charge in [-0.1, -0.05) is 0 Å². The number of methoxy groups -OCH3 is 1. The molecule has 0 aliphatic rings. The van der Waals surface area contributed by atoms with Crippen LogP contribution >= 0.6 is 35.3 Å². The van der Waals surface area contributed by atoms with Gasteiger partial charge in [0.15, 0.2) is 0 Å². The summed E-state index contributed by atoms with van der Waals surface area (Å²) < 4.78 is 7.55. The van der Waals surface area contributed by atoms with Crippen LogP contribution < -0.4 is 0 Å². The van der Waals surface area contributed by atoms with Gasteiger partial charge in [-0.15, -0.1) is 4.51 Å². The Kier molecular flexibility index (Phi) is 4.51. The molecule has 0 radical (unpaired) electrons. The molecule has 0 N–H and O–H groups in total. The maximum atomic E-state index is 10.5. The normalized spacial score (nSPS) is 11.0. The molecule has 0 aliphatic heterocycles. The van der Waals surface area contributed by atoms with Crippen molar-refractivity contribution >= 4 is 47.1 Å². The third kappa shape index (κ3) is 2.60. The molecule has 0 rings (SSSR count). The van der Waals surface area contributed by atoms with Crippen molar-refractivity contribution in [2.75, 3.05) is 7.11 Å². The van der Waals surface area contributed by atoms with Gasteiger partial charge < -0.3 is 4.74 Å². The minimum atomic E-state index is -0.806. The molecule has 0 saturated carbocycles. The summed E-state index contributed by atoms with van der Waals surface area (Å²) in [5.74, 6) is -1.19. The summed E-state index contributed by atoms with van der Waals surface area (Å²) in [6, 6.07) is 0. The third-order valence-corrected chi connectivity index (χ3v) is 1.09. The quantitative estimate of drug-likeness (QED) is 0.259. The Morgan fingerprint density at radius 3 is 2.20 bits per heavy atom. The predicted octanol–water partition coefficient (Wildman–Crippen LogP) is 1.32. The van der Waals surface area contributed by atoms with Gasteiger partial charge in [0, 0.05) is 35.3 Å². The number of nitrogens with zero attached hydrogens (tertiary/aromatic N) is 2. The second kappa shape index (κ2) is 4.60.